The first-order valence-corrected chi connectivity index (χ1v) is 11.3. The van der Waals surface area contributed by atoms with Gasteiger partial charge in [0.1, 0.15) is 23.5 Å². The van der Waals surface area contributed by atoms with E-state index < -0.39 is 29.9 Å². The molecule has 9 heteroatoms. The Morgan fingerprint density at radius 2 is 1.59 bits per heavy atom. The van der Waals surface area contributed by atoms with Gasteiger partial charge in [0.25, 0.3) is 5.91 Å². The van der Waals surface area contributed by atoms with Crippen molar-refractivity contribution in [2.45, 2.75) is 12.1 Å². The first-order valence-electron chi connectivity index (χ1n) is 10.5. The number of amides is 2. The molecule has 3 atom stereocenters. The van der Waals surface area contributed by atoms with Gasteiger partial charge in [-0.25, -0.2) is 9.96 Å². The van der Waals surface area contributed by atoms with Gasteiger partial charge in [0.2, 0.25) is 5.91 Å². The molecule has 2 aliphatic heterocycles. The molecular weight excluding hydrogens is 479 g/mol. The molecule has 2 heterocycles. The Balaban J connectivity index is 1.64. The quantitative estimate of drug-likeness (QED) is 0.458. The third kappa shape index (κ3) is 3.57. The van der Waals surface area contributed by atoms with Gasteiger partial charge in [-0.1, -0.05) is 41.4 Å². The standard InChI is InChI=1S/C25H20Cl2N2O5/c1-32-16-9-11-20(33-2)17(13-16)22-21-23(34-29(22)14-6-4-3-5-7-14)25(31)28(24(21)30)15-8-10-18(26)19(27)12-15/h3-13,21-23H,1-2H3/t21-,22-,23+/m1/s1. The molecule has 2 amide bonds. The molecule has 2 aliphatic rings. The maximum absolute atomic E-state index is 13.8. The Morgan fingerprint density at radius 3 is 2.26 bits per heavy atom. The third-order valence-electron chi connectivity index (χ3n) is 6.04. The number of para-hydroxylation sites is 1. The van der Waals surface area contributed by atoms with E-state index in [1.807, 2.05) is 30.3 Å². The summed E-state index contributed by atoms with van der Waals surface area (Å²) in [5, 5.41) is 2.18. The minimum Gasteiger partial charge on any atom is -0.497 e. The number of carbonyl (C=O) groups excluding carboxylic acids is 2. The molecule has 2 saturated heterocycles. The molecule has 0 radical (unpaired) electrons. The number of halogens is 2. The first-order chi connectivity index (χ1) is 16.4. The highest BCUT2D eigenvalue weighted by molar-refractivity contribution is 6.42. The fraction of sp³-hybridized carbons (Fsp3) is 0.200. The second-order valence-electron chi connectivity index (χ2n) is 7.88. The van der Waals surface area contributed by atoms with Crippen LogP contribution < -0.4 is 19.4 Å². The summed E-state index contributed by atoms with van der Waals surface area (Å²) in [5.74, 6) is -0.571. The van der Waals surface area contributed by atoms with Crippen molar-refractivity contribution in [3.05, 3.63) is 82.3 Å². The topological polar surface area (TPSA) is 68.3 Å². The lowest BCUT2D eigenvalue weighted by molar-refractivity contribution is -0.126. The molecule has 5 rings (SSSR count). The number of ether oxygens (including phenoxy) is 2. The molecule has 174 valence electrons. The van der Waals surface area contributed by atoms with Gasteiger partial charge in [0.15, 0.2) is 6.10 Å². The van der Waals surface area contributed by atoms with E-state index in [1.165, 1.54) is 6.07 Å². The molecule has 7 nitrogen and oxygen atoms in total. The van der Waals surface area contributed by atoms with E-state index in [4.69, 9.17) is 37.5 Å². The van der Waals surface area contributed by atoms with Crippen LogP contribution in [-0.4, -0.2) is 32.1 Å². The zero-order valence-corrected chi connectivity index (χ0v) is 19.8. The van der Waals surface area contributed by atoms with Gasteiger partial charge in [-0.15, -0.1) is 0 Å². The number of rotatable bonds is 5. The van der Waals surface area contributed by atoms with Crippen LogP contribution in [0.1, 0.15) is 11.6 Å². The fourth-order valence-corrected chi connectivity index (χ4v) is 4.77. The summed E-state index contributed by atoms with van der Waals surface area (Å²) in [7, 11) is 3.11. The van der Waals surface area contributed by atoms with Crippen molar-refractivity contribution >= 4 is 46.4 Å². The van der Waals surface area contributed by atoms with Crippen LogP contribution in [0.5, 0.6) is 11.5 Å². The molecule has 0 N–H and O–H groups in total. The Bertz CT molecular complexity index is 1270. The zero-order valence-electron chi connectivity index (χ0n) is 18.3. The number of hydrogen-bond donors (Lipinski definition) is 0. The number of methoxy groups -OCH3 is 2. The number of hydrogen-bond acceptors (Lipinski definition) is 6. The lowest BCUT2D eigenvalue weighted by atomic mass is 9.89. The highest BCUT2D eigenvalue weighted by atomic mass is 35.5. The van der Waals surface area contributed by atoms with Gasteiger partial charge in [-0.05, 0) is 48.5 Å². The first kappa shape index (κ1) is 22.5. The molecule has 34 heavy (non-hydrogen) atoms. The maximum Gasteiger partial charge on any atom is 0.266 e. The average molecular weight is 499 g/mol. The smallest absolute Gasteiger partial charge is 0.266 e. The Labute approximate surface area is 206 Å². The number of anilines is 2. The minimum atomic E-state index is -1.02. The maximum atomic E-state index is 13.8. The van der Waals surface area contributed by atoms with Crippen molar-refractivity contribution in [1.29, 1.82) is 0 Å². The average Bonchev–Trinajstić information content (AvgIpc) is 3.37. The molecule has 3 aromatic carbocycles. The molecular formula is C25H20Cl2N2O5. The number of nitrogens with zero attached hydrogens (tertiary/aromatic N) is 2. The fourth-order valence-electron chi connectivity index (χ4n) is 4.48. The molecule has 0 aliphatic carbocycles. The second kappa shape index (κ2) is 8.83. The summed E-state index contributed by atoms with van der Waals surface area (Å²) in [5.41, 5.74) is 1.70. The van der Waals surface area contributed by atoms with E-state index >= 15 is 0 Å². The molecule has 0 unspecified atom stereocenters. The van der Waals surface area contributed by atoms with Crippen LogP contribution in [0.3, 0.4) is 0 Å². The minimum absolute atomic E-state index is 0.245. The van der Waals surface area contributed by atoms with Gasteiger partial charge in [-0.2, -0.15) is 0 Å². The number of hydroxylamine groups is 1. The zero-order chi connectivity index (χ0) is 24.0. The van der Waals surface area contributed by atoms with E-state index in [-0.39, 0.29) is 5.02 Å². The van der Waals surface area contributed by atoms with E-state index in [1.54, 1.807) is 49.6 Å². The molecule has 0 spiro atoms. The summed E-state index contributed by atoms with van der Waals surface area (Å²) in [4.78, 5) is 34.5. The summed E-state index contributed by atoms with van der Waals surface area (Å²) >= 11 is 12.2. The Morgan fingerprint density at radius 1 is 0.824 bits per heavy atom. The predicted octanol–water partition coefficient (Wildman–Crippen LogP) is 5.06. The Kier molecular flexibility index (Phi) is 5.85. The van der Waals surface area contributed by atoms with Crippen LogP contribution >= 0.6 is 23.2 Å². The van der Waals surface area contributed by atoms with Gasteiger partial charge in [0, 0.05) is 5.56 Å². The summed E-state index contributed by atoms with van der Waals surface area (Å²) < 4.78 is 11.0. The molecule has 0 aromatic heterocycles. The van der Waals surface area contributed by atoms with Crippen LogP contribution in [0, 0.1) is 5.92 Å². The molecule has 2 fully saturated rings. The number of carbonyl (C=O) groups is 2. The van der Waals surface area contributed by atoms with E-state index in [2.05, 4.69) is 0 Å². The van der Waals surface area contributed by atoms with E-state index in [9.17, 15) is 9.59 Å². The second-order valence-corrected chi connectivity index (χ2v) is 8.69. The van der Waals surface area contributed by atoms with Crippen molar-refractivity contribution in [2.24, 2.45) is 5.92 Å². The molecule has 3 aromatic rings. The van der Waals surface area contributed by atoms with Gasteiger partial charge in [-0.3, -0.25) is 14.4 Å². The lowest BCUT2D eigenvalue weighted by Gasteiger charge is -2.29. The normalized spacial score (nSPS) is 21.7. The summed E-state index contributed by atoms with van der Waals surface area (Å²) in [6.07, 6.45) is -1.02. The van der Waals surface area contributed by atoms with Crippen LogP contribution in [0.2, 0.25) is 10.0 Å². The Hall–Kier alpha value is -3.26. The van der Waals surface area contributed by atoms with Crippen LogP contribution in [-0.2, 0) is 14.4 Å². The third-order valence-corrected chi connectivity index (χ3v) is 6.78. The van der Waals surface area contributed by atoms with Crippen LogP contribution in [0.25, 0.3) is 0 Å². The molecule has 0 bridgehead atoms. The van der Waals surface area contributed by atoms with Crippen molar-refractivity contribution in [1.82, 2.24) is 0 Å². The van der Waals surface area contributed by atoms with Crippen molar-refractivity contribution in [3.8, 4) is 11.5 Å². The van der Waals surface area contributed by atoms with Gasteiger partial charge >= 0.3 is 0 Å². The lowest BCUT2D eigenvalue weighted by Crippen LogP contribution is -2.37. The van der Waals surface area contributed by atoms with Gasteiger partial charge < -0.3 is 9.47 Å². The predicted molar refractivity (Wildman–Crippen MR) is 129 cm³/mol. The monoisotopic (exact) mass is 498 g/mol. The highest BCUT2D eigenvalue weighted by Gasteiger charge is 2.60. The summed E-state index contributed by atoms with van der Waals surface area (Å²) in [6.45, 7) is 0. The van der Waals surface area contributed by atoms with Crippen LogP contribution in [0.15, 0.2) is 66.7 Å². The van der Waals surface area contributed by atoms with E-state index in [0.717, 1.165) is 4.90 Å². The van der Waals surface area contributed by atoms with Crippen molar-refractivity contribution < 1.29 is 23.9 Å². The van der Waals surface area contributed by atoms with E-state index in [0.29, 0.717) is 33.5 Å². The number of benzene rings is 3. The van der Waals surface area contributed by atoms with Crippen LogP contribution in [0.4, 0.5) is 11.4 Å². The van der Waals surface area contributed by atoms with Crippen molar-refractivity contribution in [2.75, 3.05) is 24.2 Å². The SMILES string of the molecule is COc1ccc(OC)c([C@@H]2[C@H]3C(=O)N(c4ccc(Cl)c(Cl)c4)C(=O)[C@H]3ON2c2ccccc2)c1. The van der Waals surface area contributed by atoms with Gasteiger partial charge in [0.05, 0.1) is 35.6 Å². The largest absolute Gasteiger partial charge is 0.497 e. The number of imide groups is 1. The summed E-state index contributed by atoms with van der Waals surface area (Å²) in [6, 6.07) is 18.6. The number of fused-ring (bicyclic) bond motifs is 1. The molecule has 0 saturated carbocycles. The highest BCUT2D eigenvalue weighted by Crippen LogP contribution is 2.50. The van der Waals surface area contributed by atoms with Crippen molar-refractivity contribution in [3.63, 3.8) is 0 Å².